The van der Waals surface area contributed by atoms with Gasteiger partial charge in [0.2, 0.25) is 0 Å². The van der Waals surface area contributed by atoms with Crippen molar-refractivity contribution in [2.45, 2.75) is 70.0 Å². The Kier molecular flexibility index (Phi) is 4.04. The van der Waals surface area contributed by atoms with E-state index in [1.54, 1.807) is 0 Å². The normalized spacial score (nSPS) is 36.4. The van der Waals surface area contributed by atoms with Crippen LogP contribution in [0.1, 0.15) is 57.8 Å². The third-order valence-corrected chi connectivity index (χ3v) is 4.36. The molecule has 0 aromatic rings. The molecule has 0 aliphatic heterocycles. The molecule has 2 aliphatic carbocycles. The summed E-state index contributed by atoms with van der Waals surface area (Å²) >= 11 is 0. The van der Waals surface area contributed by atoms with Crippen LogP contribution in [0.4, 0.5) is 0 Å². The average Bonchev–Trinajstić information content (AvgIpc) is 2.30. The first-order valence-corrected chi connectivity index (χ1v) is 6.63. The Labute approximate surface area is 92.7 Å². The molecule has 0 saturated heterocycles. The number of aliphatic hydroxyl groups is 2. The van der Waals surface area contributed by atoms with Crippen LogP contribution in [0.3, 0.4) is 0 Å². The van der Waals surface area contributed by atoms with Gasteiger partial charge in [-0.25, -0.2) is 0 Å². The van der Waals surface area contributed by atoms with Crippen LogP contribution in [0.5, 0.6) is 0 Å². The number of hydrogen-bond donors (Lipinski definition) is 2. The smallest absolute Gasteiger partial charge is 0.0596 e. The minimum Gasteiger partial charge on any atom is -0.393 e. The third-order valence-electron chi connectivity index (χ3n) is 4.36. The van der Waals surface area contributed by atoms with Crippen LogP contribution in [0.25, 0.3) is 0 Å². The molecule has 2 saturated carbocycles. The predicted molar refractivity (Wildman–Crippen MR) is 60.5 cm³/mol. The van der Waals surface area contributed by atoms with E-state index >= 15 is 0 Å². The summed E-state index contributed by atoms with van der Waals surface area (Å²) in [6.45, 7) is 0. The lowest BCUT2D eigenvalue weighted by Crippen LogP contribution is -2.34. The van der Waals surface area contributed by atoms with Crippen LogP contribution in [-0.4, -0.2) is 22.4 Å². The molecule has 2 fully saturated rings. The van der Waals surface area contributed by atoms with Crippen molar-refractivity contribution in [2.24, 2.45) is 11.8 Å². The first kappa shape index (κ1) is 11.4. The largest absolute Gasteiger partial charge is 0.393 e. The van der Waals surface area contributed by atoms with Gasteiger partial charge in [-0.2, -0.15) is 0 Å². The fourth-order valence-corrected chi connectivity index (χ4v) is 3.30. The second kappa shape index (κ2) is 5.31. The van der Waals surface area contributed by atoms with Gasteiger partial charge < -0.3 is 10.2 Å². The van der Waals surface area contributed by atoms with Crippen LogP contribution in [0.15, 0.2) is 0 Å². The Hall–Kier alpha value is -0.0800. The molecule has 2 aliphatic rings. The van der Waals surface area contributed by atoms with E-state index < -0.39 is 0 Å². The molecule has 88 valence electrons. The first-order valence-electron chi connectivity index (χ1n) is 6.63. The van der Waals surface area contributed by atoms with Crippen molar-refractivity contribution in [3.63, 3.8) is 0 Å². The van der Waals surface area contributed by atoms with Gasteiger partial charge in [0, 0.05) is 0 Å². The SMILES string of the molecule is OC1CCC(C(O)C2CCCCC2)CC1. The summed E-state index contributed by atoms with van der Waals surface area (Å²) < 4.78 is 0. The van der Waals surface area contributed by atoms with E-state index in [1.165, 1.54) is 32.1 Å². The number of aliphatic hydroxyl groups excluding tert-OH is 2. The summed E-state index contributed by atoms with van der Waals surface area (Å²) in [7, 11) is 0. The molecule has 2 nitrogen and oxygen atoms in total. The second-order valence-electron chi connectivity index (χ2n) is 5.46. The molecule has 0 radical (unpaired) electrons. The van der Waals surface area contributed by atoms with Gasteiger partial charge in [-0.15, -0.1) is 0 Å². The summed E-state index contributed by atoms with van der Waals surface area (Å²) in [6, 6.07) is 0. The van der Waals surface area contributed by atoms with Crippen molar-refractivity contribution in [3.05, 3.63) is 0 Å². The summed E-state index contributed by atoms with van der Waals surface area (Å²) in [6.07, 6.45) is 10.1. The highest BCUT2D eigenvalue weighted by molar-refractivity contribution is 4.82. The molecular weight excluding hydrogens is 188 g/mol. The van der Waals surface area contributed by atoms with Crippen LogP contribution in [0, 0.1) is 11.8 Å². The molecule has 1 unspecified atom stereocenters. The lowest BCUT2D eigenvalue weighted by atomic mass is 9.75. The van der Waals surface area contributed by atoms with Crippen molar-refractivity contribution in [1.82, 2.24) is 0 Å². The Bertz CT molecular complexity index is 179. The zero-order valence-corrected chi connectivity index (χ0v) is 9.57. The fourth-order valence-electron chi connectivity index (χ4n) is 3.30. The predicted octanol–water partition coefficient (Wildman–Crippen LogP) is 2.48. The van der Waals surface area contributed by atoms with E-state index in [9.17, 15) is 10.2 Å². The fraction of sp³-hybridized carbons (Fsp3) is 1.00. The van der Waals surface area contributed by atoms with Crippen molar-refractivity contribution < 1.29 is 10.2 Å². The highest BCUT2D eigenvalue weighted by Crippen LogP contribution is 2.35. The summed E-state index contributed by atoms with van der Waals surface area (Å²) in [5.41, 5.74) is 0. The van der Waals surface area contributed by atoms with E-state index in [1.807, 2.05) is 0 Å². The molecule has 0 bridgehead atoms. The maximum atomic E-state index is 10.3. The van der Waals surface area contributed by atoms with E-state index in [-0.39, 0.29) is 12.2 Å². The van der Waals surface area contributed by atoms with Crippen molar-refractivity contribution >= 4 is 0 Å². The maximum Gasteiger partial charge on any atom is 0.0596 e. The first-order chi connectivity index (χ1) is 7.27. The van der Waals surface area contributed by atoms with Gasteiger partial charge in [-0.05, 0) is 50.4 Å². The van der Waals surface area contributed by atoms with Crippen LogP contribution >= 0.6 is 0 Å². The molecule has 0 heterocycles. The van der Waals surface area contributed by atoms with Crippen molar-refractivity contribution in [1.29, 1.82) is 0 Å². The third kappa shape index (κ3) is 2.94. The van der Waals surface area contributed by atoms with Crippen molar-refractivity contribution in [2.75, 3.05) is 0 Å². The molecule has 0 spiro atoms. The maximum absolute atomic E-state index is 10.3. The molecule has 0 amide bonds. The van der Waals surface area contributed by atoms with E-state index in [0.29, 0.717) is 11.8 Å². The lowest BCUT2D eigenvalue weighted by molar-refractivity contribution is -0.00189. The zero-order valence-electron chi connectivity index (χ0n) is 9.57. The molecule has 2 rings (SSSR count). The van der Waals surface area contributed by atoms with Gasteiger partial charge in [0.25, 0.3) is 0 Å². The topological polar surface area (TPSA) is 40.5 Å². The standard InChI is InChI=1S/C13H24O2/c14-12-8-6-11(7-9-12)13(15)10-4-2-1-3-5-10/h10-15H,1-9H2. The summed E-state index contributed by atoms with van der Waals surface area (Å²) in [5, 5.41) is 19.7. The minimum absolute atomic E-state index is 0.0854. The molecule has 2 N–H and O–H groups in total. The van der Waals surface area contributed by atoms with Crippen LogP contribution in [0.2, 0.25) is 0 Å². The molecule has 0 aromatic carbocycles. The highest BCUT2D eigenvalue weighted by atomic mass is 16.3. The highest BCUT2D eigenvalue weighted by Gasteiger charge is 2.31. The second-order valence-corrected chi connectivity index (χ2v) is 5.46. The summed E-state index contributed by atoms with van der Waals surface area (Å²) in [4.78, 5) is 0. The van der Waals surface area contributed by atoms with Crippen LogP contribution < -0.4 is 0 Å². The lowest BCUT2D eigenvalue weighted by Gasteiger charge is -2.35. The summed E-state index contributed by atoms with van der Waals surface area (Å²) in [5.74, 6) is 1.02. The van der Waals surface area contributed by atoms with E-state index in [2.05, 4.69) is 0 Å². The minimum atomic E-state index is -0.0974. The van der Waals surface area contributed by atoms with Gasteiger partial charge in [0.15, 0.2) is 0 Å². The Morgan fingerprint density at radius 2 is 1.27 bits per heavy atom. The average molecular weight is 212 g/mol. The molecule has 2 heteroatoms. The Morgan fingerprint density at radius 1 is 0.733 bits per heavy atom. The molecular formula is C13H24O2. The Morgan fingerprint density at radius 3 is 1.87 bits per heavy atom. The van der Waals surface area contributed by atoms with Gasteiger partial charge in [0.05, 0.1) is 12.2 Å². The van der Waals surface area contributed by atoms with Crippen molar-refractivity contribution in [3.8, 4) is 0 Å². The Balaban J connectivity index is 1.81. The van der Waals surface area contributed by atoms with Crippen LogP contribution in [-0.2, 0) is 0 Å². The van der Waals surface area contributed by atoms with E-state index in [0.717, 1.165) is 25.7 Å². The van der Waals surface area contributed by atoms with Gasteiger partial charge in [-0.3, -0.25) is 0 Å². The number of hydrogen-bond acceptors (Lipinski definition) is 2. The monoisotopic (exact) mass is 212 g/mol. The molecule has 0 aromatic heterocycles. The zero-order chi connectivity index (χ0) is 10.7. The molecule has 15 heavy (non-hydrogen) atoms. The quantitative estimate of drug-likeness (QED) is 0.738. The van der Waals surface area contributed by atoms with Gasteiger partial charge in [-0.1, -0.05) is 19.3 Å². The van der Waals surface area contributed by atoms with E-state index in [4.69, 9.17) is 0 Å². The van der Waals surface area contributed by atoms with Gasteiger partial charge in [0.1, 0.15) is 0 Å². The number of rotatable bonds is 2. The molecule has 1 atom stereocenters. The van der Waals surface area contributed by atoms with Gasteiger partial charge >= 0.3 is 0 Å².